The molecule has 22 heavy (non-hydrogen) atoms. The molecule has 1 aliphatic rings. The molecule has 8 nitrogen and oxygen atoms in total. The van der Waals surface area contributed by atoms with E-state index in [4.69, 9.17) is 0 Å². The monoisotopic (exact) mass is 296 g/mol. The molecule has 4 rings (SSSR count). The number of hydrogen-bond donors (Lipinski definition) is 1. The molecule has 0 unspecified atom stereocenters. The largest absolute Gasteiger partial charge is 0.353 e. The van der Waals surface area contributed by atoms with Gasteiger partial charge >= 0.3 is 0 Å². The van der Waals surface area contributed by atoms with E-state index < -0.39 is 0 Å². The Morgan fingerprint density at radius 1 is 0.864 bits per heavy atom. The van der Waals surface area contributed by atoms with Crippen molar-refractivity contribution >= 4 is 22.9 Å². The molecule has 0 spiro atoms. The third kappa shape index (κ3) is 2.32. The first-order valence-electron chi connectivity index (χ1n) is 7.33. The van der Waals surface area contributed by atoms with Crippen LogP contribution < -0.4 is 9.80 Å². The van der Waals surface area contributed by atoms with Crippen LogP contribution in [0.3, 0.4) is 0 Å². The van der Waals surface area contributed by atoms with E-state index in [-0.39, 0.29) is 0 Å². The lowest BCUT2D eigenvalue weighted by atomic mass is 10.3. The molecule has 1 fully saturated rings. The number of hydrogen-bond acceptors (Lipinski definition) is 7. The Hall–Kier alpha value is -2.77. The summed E-state index contributed by atoms with van der Waals surface area (Å²) < 4.78 is 0. The third-order valence-electron chi connectivity index (χ3n) is 3.83. The SMILES string of the molecule is c1cnc(N2CCCN(c3ncnc4nc[nH]c34)CC2)nc1. The summed E-state index contributed by atoms with van der Waals surface area (Å²) in [5, 5.41) is 0. The Labute approximate surface area is 127 Å². The highest BCUT2D eigenvalue weighted by molar-refractivity contribution is 5.82. The maximum Gasteiger partial charge on any atom is 0.225 e. The van der Waals surface area contributed by atoms with Crippen LogP contribution in [-0.2, 0) is 0 Å². The minimum atomic E-state index is 0.706. The first-order valence-corrected chi connectivity index (χ1v) is 7.33. The van der Waals surface area contributed by atoms with Gasteiger partial charge in [-0.1, -0.05) is 0 Å². The summed E-state index contributed by atoms with van der Waals surface area (Å²) in [5.41, 5.74) is 1.60. The van der Waals surface area contributed by atoms with Crippen LogP contribution in [0.2, 0.25) is 0 Å². The number of H-pyrrole nitrogens is 1. The topological polar surface area (TPSA) is 86.7 Å². The van der Waals surface area contributed by atoms with Crippen molar-refractivity contribution in [3.05, 3.63) is 31.1 Å². The van der Waals surface area contributed by atoms with E-state index in [1.807, 2.05) is 6.07 Å². The van der Waals surface area contributed by atoms with E-state index in [0.29, 0.717) is 5.65 Å². The summed E-state index contributed by atoms with van der Waals surface area (Å²) in [6, 6.07) is 1.84. The van der Waals surface area contributed by atoms with E-state index in [0.717, 1.165) is 49.9 Å². The summed E-state index contributed by atoms with van der Waals surface area (Å²) in [4.78, 5) is 29.1. The molecule has 0 aliphatic carbocycles. The smallest absolute Gasteiger partial charge is 0.225 e. The van der Waals surface area contributed by atoms with Crippen molar-refractivity contribution in [2.75, 3.05) is 36.0 Å². The van der Waals surface area contributed by atoms with Crippen molar-refractivity contribution in [1.82, 2.24) is 29.9 Å². The second-order valence-corrected chi connectivity index (χ2v) is 5.17. The molecule has 0 saturated carbocycles. The van der Waals surface area contributed by atoms with Gasteiger partial charge in [-0.05, 0) is 12.5 Å². The van der Waals surface area contributed by atoms with E-state index in [1.54, 1.807) is 25.0 Å². The Morgan fingerprint density at radius 2 is 1.68 bits per heavy atom. The second-order valence-electron chi connectivity index (χ2n) is 5.17. The second kappa shape index (κ2) is 5.55. The molecule has 1 aliphatic heterocycles. The van der Waals surface area contributed by atoms with Gasteiger partial charge in [-0.15, -0.1) is 0 Å². The fourth-order valence-electron chi connectivity index (χ4n) is 2.78. The number of fused-ring (bicyclic) bond motifs is 1. The standard InChI is InChI=1S/C14H16N8/c1-3-15-14(16-4-1)22-6-2-5-21(7-8-22)13-11-12(18-9-17-11)19-10-20-13/h1,3-4,9-10H,2,5-8H2,(H,17,18,19,20). The third-order valence-corrected chi connectivity index (χ3v) is 3.83. The molecule has 3 aromatic heterocycles. The molecule has 8 heteroatoms. The Kier molecular flexibility index (Phi) is 3.26. The highest BCUT2D eigenvalue weighted by atomic mass is 15.3. The van der Waals surface area contributed by atoms with E-state index in [9.17, 15) is 0 Å². The molecular weight excluding hydrogens is 280 g/mol. The number of nitrogens with zero attached hydrogens (tertiary/aromatic N) is 7. The van der Waals surface area contributed by atoms with Crippen LogP contribution in [0, 0.1) is 0 Å². The van der Waals surface area contributed by atoms with Crippen LogP contribution in [0.5, 0.6) is 0 Å². The fourth-order valence-corrected chi connectivity index (χ4v) is 2.78. The van der Waals surface area contributed by atoms with E-state index in [2.05, 4.69) is 39.7 Å². The highest BCUT2D eigenvalue weighted by Crippen LogP contribution is 2.21. The zero-order valence-corrected chi connectivity index (χ0v) is 12.1. The van der Waals surface area contributed by atoms with Gasteiger partial charge in [-0.2, -0.15) is 0 Å². The van der Waals surface area contributed by atoms with Gasteiger partial charge in [-0.25, -0.2) is 24.9 Å². The molecular formula is C14H16N8. The zero-order chi connectivity index (χ0) is 14.8. The Balaban J connectivity index is 1.57. The first-order chi connectivity index (χ1) is 10.9. The molecule has 3 aromatic rings. The van der Waals surface area contributed by atoms with Gasteiger partial charge in [0.15, 0.2) is 11.5 Å². The number of aromatic nitrogens is 6. The predicted octanol–water partition coefficient (Wildman–Crippen LogP) is 0.860. The Morgan fingerprint density at radius 3 is 2.59 bits per heavy atom. The summed E-state index contributed by atoms with van der Waals surface area (Å²) in [6.45, 7) is 3.61. The van der Waals surface area contributed by atoms with Crippen molar-refractivity contribution in [3.8, 4) is 0 Å². The summed E-state index contributed by atoms with van der Waals surface area (Å²) >= 11 is 0. The summed E-state index contributed by atoms with van der Waals surface area (Å²) in [6.07, 6.45) is 7.82. The van der Waals surface area contributed by atoms with E-state index >= 15 is 0 Å². The lowest BCUT2D eigenvalue weighted by Crippen LogP contribution is -2.32. The van der Waals surface area contributed by atoms with Gasteiger partial charge in [0.2, 0.25) is 5.95 Å². The minimum absolute atomic E-state index is 0.706. The van der Waals surface area contributed by atoms with Crippen molar-refractivity contribution < 1.29 is 0 Å². The average molecular weight is 296 g/mol. The highest BCUT2D eigenvalue weighted by Gasteiger charge is 2.20. The predicted molar refractivity (Wildman–Crippen MR) is 82.8 cm³/mol. The lowest BCUT2D eigenvalue weighted by Gasteiger charge is -2.22. The first kappa shape index (κ1) is 12.9. The van der Waals surface area contributed by atoms with Crippen molar-refractivity contribution in [2.24, 2.45) is 0 Å². The van der Waals surface area contributed by atoms with Crippen LogP contribution in [0.25, 0.3) is 11.2 Å². The van der Waals surface area contributed by atoms with Crippen LogP contribution >= 0.6 is 0 Å². The van der Waals surface area contributed by atoms with Gasteiger partial charge in [-0.3, -0.25) is 0 Å². The molecule has 1 saturated heterocycles. The van der Waals surface area contributed by atoms with Crippen LogP contribution in [0.4, 0.5) is 11.8 Å². The molecule has 0 bridgehead atoms. The lowest BCUT2D eigenvalue weighted by molar-refractivity contribution is 0.781. The van der Waals surface area contributed by atoms with E-state index in [1.165, 1.54) is 0 Å². The van der Waals surface area contributed by atoms with Crippen molar-refractivity contribution in [3.63, 3.8) is 0 Å². The number of anilines is 2. The van der Waals surface area contributed by atoms with Gasteiger partial charge in [0.25, 0.3) is 0 Å². The van der Waals surface area contributed by atoms with Crippen LogP contribution in [-0.4, -0.2) is 56.1 Å². The molecule has 0 aromatic carbocycles. The molecule has 4 heterocycles. The minimum Gasteiger partial charge on any atom is -0.353 e. The average Bonchev–Trinajstić information content (AvgIpc) is 2.92. The maximum atomic E-state index is 4.44. The van der Waals surface area contributed by atoms with Gasteiger partial charge in [0.1, 0.15) is 11.8 Å². The number of nitrogens with one attached hydrogen (secondary N) is 1. The quantitative estimate of drug-likeness (QED) is 0.750. The van der Waals surface area contributed by atoms with Crippen molar-refractivity contribution in [1.29, 1.82) is 0 Å². The van der Waals surface area contributed by atoms with Gasteiger partial charge < -0.3 is 14.8 Å². The van der Waals surface area contributed by atoms with Crippen LogP contribution in [0.1, 0.15) is 6.42 Å². The normalized spacial score (nSPS) is 16.0. The fraction of sp³-hybridized carbons (Fsp3) is 0.357. The molecule has 0 atom stereocenters. The van der Waals surface area contributed by atoms with Crippen LogP contribution in [0.15, 0.2) is 31.1 Å². The van der Waals surface area contributed by atoms with Gasteiger partial charge in [0.05, 0.1) is 6.33 Å². The number of aromatic amines is 1. The van der Waals surface area contributed by atoms with Crippen molar-refractivity contribution in [2.45, 2.75) is 6.42 Å². The summed E-state index contributed by atoms with van der Waals surface area (Å²) in [5.74, 6) is 1.71. The van der Waals surface area contributed by atoms with Gasteiger partial charge in [0, 0.05) is 38.6 Å². The summed E-state index contributed by atoms with van der Waals surface area (Å²) in [7, 11) is 0. The number of rotatable bonds is 2. The zero-order valence-electron chi connectivity index (χ0n) is 12.1. The number of imidazole rings is 1. The maximum absolute atomic E-state index is 4.44. The molecule has 1 N–H and O–H groups in total. The Bertz CT molecular complexity index is 756. The molecule has 0 amide bonds. The molecule has 0 radical (unpaired) electrons. The molecule has 112 valence electrons.